The molecule has 0 amide bonds. The molecule has 92 valence electrons. The highest BCUT2D eigenvalue weighted by Gasteiger charge is 2.25. The zero-order chi connectivity index (χ0) is 12.3. The first kappa shape index (κ1) is 12.1. The number of Topliss-reactive ketones (excluding diaryl/α,β-unsaturated/α-hetero) is 1. The van der Waals surface area contributed by atoms with Crippen LogP contribution in [0.1, 0.15) is 12.0 Å². The van der Waals surface area contributed by atoms with Gasteiger partial charge in [0.05, 0.1) is 7.11 Å². The number of nitrogens with zero attached hydrogens (tertiary/aromatic N) is 1. The summed E-state index contributed by atoms with van der Waals surface area (Å²) in [5.41, 5.74) is 1.18. The third kappa shape index (κ3) is 3.07. The van der Waals surface area contributed by atoms with E-state index < -0.39 is 0 Å². The summed E-state index contributed by atoms with van der Waals surface area (Å²) in [5.74, 6) is 1.39. The van der Waals surface area contributed by atoms with Crippen molar-refractivity contribution in [1.29, 1.82) is 0 Å². The third-order valence-electron chi connectivity index (χ3n) is 3.34. The summed E-state index contributed by atoms with van der Waals surface area (Å²) in [6.45, 7) is 1.77. The molecule has 3 nitrogen and oxygen atoms in total. The first-order valence-corrected chi connectivity index (χ1v) is 6.03. The van der Waals surface area contributed by atoms with Gasteiger partial charge < -0.3 is 9.64 Å². The summed E-state index contributed by atoms with van der Waals surface area (Å²) in [7, 11) is 3.74. The zero-order valence-corrected chi connectivity index (χ0v) is 10.5. The zero-order valence-electron chi connectivity index (χ0n) is 10.5. The molecule has 1 fully saturated rings. The van der Waals surface area contributed by atoms with Gasteiger partial charge in [0.1, 0.15) is 11.5 Å². The van der Waals surface area contributed by atoms with Crippen LogP contribution in [0.15, 0.2) is 24.3 Å². The second-order valence-corrected chi connectivity index (χ2v) is 4.73. The molecule has 1 unspecified atom stereocenters. The molecule has 17 heavy (non-hydrogen) atoms. The van der Waals surface area contributed by atoms with Gasteiger partial charge in [0.15, 0.2) is 0 Å². The molecule has 0 aromatic heterocycles. The van der Waals surface area contributed by atoms with Crippen molar-refractivity contribution in [1.82, 2.24) is 4.90 Å². The summed E-state index contributed by atoms with van der Waals surface area (Å²) in [6, 6.07) is 7.98. The molecule has 0 bridgehead atoms. The predicted molar refractivity (Wildman–Crippen MR) is 67.3 cm³/mol. The number of piperidine rings is 1. The molecule has 0 N–H and O–H groups in total. The lowest BCUT2D eigenvalue weighted by molar-refractivity contribution is -0.125. The SMILES string of the molecule is COc1cccc(CC2CN(C)CCC2=O)c1. The number of hydrogen-bond donors (Lipinski definition) is 0. The topological polar surface area (TPSA) is 29.5 Å². The molecular weight excluding hydrogens is 214 g/mol. The molecule has 3 heteroatoms. The average Bonchev–Trinajstić information content (AvgIpc) is 2.34. The highest BCUT2D eigenvalue weighted by molar-refractivity contribution is 5.82. The van der Waals surface area contributed by atoms with Crippen molar-refractivity contribution < 1.29 is 9.53 Å². The van der Waals surface area contributed by atoms with Gasteiger partial charge in [-0.15, -0.1) is 0 Å². The molecule has 1 heterocycles. The summed E-state index contributed by atoms with van der Waals surface area (Å²) in [6.07, 6.45) is 1.51. The lowest BCUT2D eigenvalue weighted by atomic mass is 9.90. The molecule has 1 atom stereocenters. The van der Waals surface area contributed by atoms with Crippen LogP contribution in [0.25, 0.3) is 0 Å². The van der Waals surface area contributed by atoms with Gasteiger partial charge in [-0.3, -0.25) is 4.79 Å². The van der Waals surface area contributed by atoms with Crippen molar-refractivity contribution in [3.8, 4) is 5.75 Å². The van der Waals surface area contributed by atoms with Gasteiger partial charge in [0, 0.05) is 25.4 Å². The van der Waals surface area contributed by atoms with Crippen LogP contribution in [0.2, 0.25) is 0 Å². The summed E-state index contributed by atoms with van der Waals surface area (Å²) >= 11 is 0. The summed E-state index contributed by atoms with van der Waals surface area (Å²) in [5, 5.41) is 0. The lowest BCUT2D eigenvalue weighted by Crippen LogP contribution is -2.39. The van der Waals surface area contributed by atoms with Crippen molar-refractivity contribution in [2.75, 3.05) is 27.2 Å². The van der Waals surface area contributed by atoms with Gasteiger partial charge in [0.25, 0.3) is 0 Å². The molecule has 1 aromatic rings. The Kier molecular flexibility index (Phi) is 3.79. The number of hydrogen-bond acceptors (Lipinski definition) is 3. The lowest BCUT2D eigenvalue weighted by Gasteiger charge is -2.28. The maximum atomic E-state index is 11.8. The fraction of sp³-hybridized carbons (Fsp3) is 0.500. The molecule has 1 aromatic carbocycles. The van der Waals surface area contributed by atoms with Crippen LogP contribution in [0, 0.1) is 5.92 Å². The van der Waals surface area contributed by atoms with Crippen LogP contribution in [0.3, 0.4) is 0 Å². The first-order valence-electron chi connectivity index (χ1n) is 6.03. The van der Waals surface area contributed by atoms with E-state index in [1.165, 1.54) is 5.56 Å². The van der Waals surface area contributed by atoms with E-state index >= 15 is 0 Å². The fourth-order valence-electron chi connectivity index (χ4n) is 2.34. The van der Waals surface area contributed by atoms with Crippen LogP contribution in [-0.4, -0.2) is 37.9 Å². The Morgan fingerprint density at radius 1 is 1.47 bits per heavy atom. The van der Waals surface area contributed by atoms with Crippen molar-refractivity contribution in [3.05, 3.63) is 29.8 Å². The first-order chi connectivity index (χ1) is 8.19. The molecular formula is C14H19NO2. The molecule has 2 rings (SSSR count). The number of carbonyl (C=O) groups excluding carboxylic acids is 1. The van der Waals surface area contributed by atoms with E-state index in [2.05, 4.69) is 18.0 Å². The monoisotopic (exact) mass is 233 g/mol. The minimum absolute atomic E-state index is 0.140. The average molecular weight is 233 g/mol. The Morgan fingerprint density at radius 2 is 2.29 bits per heavy atom. The minimum atomic E-state index is 0.140. The maximum absolute atomic E-state index is 11.8. The molecule has 0 aliphatic carbocycles. The van der Waals surface area contributed by atoms with Gasteiger partial charge in [-0.25, -0.2) is 0 Å². The van der Waals surface area contributed by atoms with Crippen molar-refractivity contribution >= 4 is 5.78 Å². The highest BCUT2D eigenvalue weighted by atomic mass is 16.5. The van der Waals surface area contributed by atoms with Gasteiger partial charge in [0.2, 0.25) is 0 Å². The van der Waals surface area contributed by atoms with Gasteiger partial charge in [-0.05, 0) is 31.2 Å². The van der Waals surface area contributed by atoms with E-state index in [-0.39, 0.29) is 5.92 Å². The molecule has 1 aliphatic rings. The smallest absolute Gasteiger partial charge is 0.138 e. The fourth-order valence-corrected chi connectivity index (χ4v) is 2.34. The summed E-state index contributed by atoms with van der Waals surface area (Å²) < 4.78 is 5.20. The van der Waals surface area contributed by atoms with Crippen LogP contribution >= 0.6 is 0 Å². The molecule has 0 saturated carbocycles. The van der Waals surface area contributed by atoms with E-state index in [0.717, 1.165) is 25.3 Å². The van der Waals surface area contributed by atoms with Crippen LogP contribution in [0.4, 0.5) is 0 Å². The minimum Gasteiger partial charge on any atom is -0.497 e. The molecule has 0 spiro atoms. The van der Waals surface area contributed by atoms with Gasteiger partial charge in [-0.2, -0.15) is 0 Å². The number of carbonyl (C=O) groups is 1. The second-order valence-electron chi connectivity index (χ2n) is 4.73. The quantitative estimate of drug-likeness (QED) is 0.796. The van der Waals surface area contributed by atoms with Crippen molar-refractivity contribution in [2.45, 2.75) is 12.8 Å². The maximum Gasteiger partial charge on any atom is 0.138 e. The van der Waals surface area contributed by atoms with E-state index in [1.807, 2.05) is 18.2 Å². The largest absolute Gasteiger partial charge is 0.497 e. The Morgan fingerprint density at radius 3 is 3.06 bits per heavy atom. The van der Waals surface area contributed by atoms with Crippen molar-refractivity contribution in [2.24, 2.45) is 5.92 Å². The van der Waals surface area contributed by atoms with E-state index in [4.69, 9.17) is 4.74 Å². The van der Waals surface area contributed by atoms with Crippen LogP contribution in [0.5, 0.6) is 5.75 Å². The predicted octanol–water partition coefficient (Wildman–Crippen LogP) is 1.76. The van der Waals surface area contributed by atoms with E-state index in [1.54, 1.807) is 7.11 Å². The highest BCUT2D eigenvalue weighted by Crippen LogP contribution is 2.20. The van der Waals surface area contributed by atoms with Gasteiger partial charge >= 0.3 is 0 Å². The Hall–Kier alpha value is -1.35. The number of ketones is 1. The van der Waals surface area contributed by atoms with Gasteiger partial charge in [-0.1, -0.05) is 12.1 Å². The van der Waals surface area contributed by atoms with Crippen LogP contribution in [-0.2, 0) is 11.2 Å². The number of likely N-dealkylation sites (tertiary alicyclic amines) is 1. The third-order valence-corrected chi connectivity index (χ3v) is 3.34. The van der Waals surface area contributed by atoms with Crippen LogP contribution < -0.4 is 4.74 Å². The van der Waals surface area contributed by atoms with E-state index in [9.17, 15) is 4.79 Å². The van der Waals surface area contributed by atoms with E-state index in [0.29, 0.717) is 12.2 Å². The molecule has 1 saturated heterocycles. The normalized spacial score (nSPS) is 21.5. The second kappa shape index (κ2) is 5.32. The number of methoxy groups -OCH3 is 1. The van der Waals surface area contributed by atoms with Crippen molar-refractivity contribution in [3.63, 3.8) is 0 Å². The number of benzene rings is 1. The number of ether oxygens (including phenoxy) is 1. The standard InChI is InChI=1S/C14H19NO2/c1-15-7-6-14(16)12(10-15)8-11-4-3-5-13(9-11)17-2/h3-5,9,12H,6-8,10H2,1-2H3. The number of rotatable bonds is 3. The Labute approximate surface area is 102 Å². The Balaban J connectivity index is 2.05. The molecule has 0 radical (unpaired) electrons. The summed E-state index contributed by atoms with van der Waals surface area (Å²) in [4.78, 5) is 14.1. The molecule has 1 aliphatic heterocycles. The Bertz CT molecular complexity index is 403.